The molecule has 0 bridgehead atoms. The summed E-state index contributed by atoms with van der Waals surface area (Å²) in [4.78, 5) is 16.1. The fraction of sp³-hybridized carbons (Fsp3) is 0.200. The highest BCUT2D eigenvalue weighted by molar-refractivity contribution is 6.30. The van der Waals surface area contributed by atoms with Crippen molar-refractivity contribution in [3.05, 3.63) is 71.1 Å². The first-order valence-corrected chi connectivity index (χ1v) is 9.44. The molecule has 29 heavy (non-hydrogen) atoms. The molecule has 0 fully saturated rings. The Kier molecular flexibility index (Phi) is 7.29. The van der Waals surface area contributed by atoms with Crippen LogP contribution in [0.15, 0.2) is 54.7 Å². The van der Waals surface area contributed by atoms with E-state index >= 15 is 0 Å². The van der Waals surface area contributed by atoms with Crippen molar-refractivity contribution >= 4 is 35.0 Å². The molecule has 0 aliphatic carbocycles. The van der Waals surface area contributed by atoms with Gasteiger partial charge >= 0.3 is 0 Å². The molecule has 0 aliphatic rings. The summed E-state index contributed by atoms with van der Waals surface area (Å²) in [6.07, 6.45) is 2.49. The van der Waals surface area contributed by atoms with Crippen LogP contribution in [0.5, 0.6) is 0 Å². The summed E-state index contributed by atoms with van der Waals surface area (Å²) < 4.78 is 13.1. The van der Waals surface area contributed by atoms with Crippen molar-refractivity contribution in [2.75, 3.05) is 23.7 Å². The van der Waals surface area contributed by atoms with Crippen LogP contribution in [0.3, 0.4) is 0 Å². The molecule has 3 aromatic rings. The van der Waals surface area contributed by atoms with Gasteiger partial charge in [-0.15, -0.1) is 10.2 Å². The molecule has 0 saturated heterocycles. The van der Waals surface area contributed by atoms with Gasteiger partial charge in [0.15, 0.2) is 5.82 Å². The molecule has 2 heterocycles. The molecule has 2 aromatic heterocycles. The van der Waals surface area contributed by atoms with Crippen LogP contribution >= 0.6 is 11.6 Å². The van der Waals surface area contributed by atoms with Gasteiger partial charge in [-0.05, 0) is 48.4 Å². The predicted molar refractivity (Wildman–Crippen MR) is 111 cm³/mol. The van der Waals surface area contributed by atoms with Crippen molar-refractivity contribution in [2.45, 2.75) is 12.8 Å². The minimum Gasteiger partial charge on any atom is -0.367 e. The second-order valence-corrected chi connectivity index (χ2v) is 6.58. The average molecular weight is 415 g/mol. The van der Waals surface area contributed by atoms with Gasteiger partial charge in [-0.3, -0.25) is 4.79 Å². The number of nitrogens with one attached hydrogen (secondary N) is 3. The van der Waals surface area contributed by atoms with Crippen LogP contribution in [0.25, 0.3) is 0 Å². The number of hydrogen-bond acceptors (Lipinski definition) is 6. The Bertz CT molecular complexity index is 939. The van der Waals surface area contributed by atoms with Crippen LogP contribution in [-0.4, -0.2) is 34.2 Å². The lowest BCUT2D eigenvalue weighted by Crippen LogP contribution is -2.29. The number of rotatable bonds is 9. The number of hydrogen-bond donors (Lipinski definition) is 3. The Morgan fingerprint density at radius 1 is 1.00 bits per heavy atom. The maximum absolute atomic E-state index is 13.1. The molecule has 150 valence electrons. The van der Waals surface area contributed by atoms with Gasteiger partial charge in [0.2, 0.25) is 5.91 Å². The Morgan fingerprint density at radius 3 is 2.55 bits per heavy atom. The van der Waals surface area contributed by atoms with E-state index in [4.69, 9.17) is 11.6 Å². The third-order valence-electron chi connectivity index (χ3n) is 3.96. The average Bonchev–Trinajstić information content (AvgIpc) is 2.74. The van der Waals surface area contributed by atoms with Crippen LogP contribution < -0.4 is 16.0 Å². The zero-order valence-electron chi connectivity index (χ0n) is 15.5. The summed E-state index contributed by atoms with van der Waals surface area (Å²) in [7, 11) is 0. The van der Waals surface area contributed by atoms with Crippen LogP contribution in [0, 0.1) is 5.82 Å². The van der Waals surface area contributed by atoms with E-state index in [-0.39, 0.29) is 10.9 Å². The number of halogens is 2. The van der Waals surface area contributed by atoms with Crippen LogP contribution in [0.1, 0.15) is 12.0 Å². The van der Waals surface area contributed by atoms with Gasteiger partial charge in [0, 0.05) is 25.7 Å². The first kappa shape index (κ1) is 20.5. The Balaban J connectivity index is 1.34. The number of aryl methyl sites for hydroxylation is 1. The molecule has 0 atom stereocenters. The largest absolute Gasteiger partial charge is 0.367 e. The molecule has 0 aliphatic heterocycles. The van der Waals surface area contributed by atoms with E-state index in [1.165, 1.54) is 12.1 Å². The van der Waals surface area contributed by atoms with Crippen LogP contribution in [0.2, 0.25) is 5.02 Å². The minimum absolute atomic E-state index is 0.0643. The van der Waals surface area contributed by atoms with Crippen molar-refractivity contribution in [1.82, 2.24) is 20.5 Å². The highest BCUT2D eigenvalue weighted by Gasteiger charge is 2.05. The van der Waals surface area contributed by atoms with Gasteiger partial charge in [-0.25, -0.2) is 9.37 Å². The van der Waals surface area contributed by atoms with Gasteiger partial charge in [-0.1, -0.05) is 23.7 Å². The van der Waals surface area contributed by atoms with E-state index in [2.05, 4.69) is 31.1 Å². The molecule has 1 aromatic carbocycles. The summed E-state index contributed by atoms with van der Waals surface area (Å²) in [5.41, 5.74) is 0.819. The number of anilines is 3. The summed E-state index contributed by atoms with van der Waals surface area (Å²) in [6, 6.07) is 13.6. The highest BCUT2D eigenvalue weighted by Crippen LogP contribution is 2.17. The molecule has 3 rings (SSSR count). The monoisotopic (exact) mass is 414 g/mol. The van der Waals surface area contributed by atoms with Crippen molar-refractivity contribution in [3.63, 3.8) is 0 Å². The minimum atomic E-state index is -0.463. The summed E-state index contributed by atoms with van der Waals surface area (Å²) >= 11 is 5.74. The third kappa shape index (κ3) is 6.69. The number of carbonyl (C=O) groups is 1. The molecule has 1 amide bonds. The van der Waals surface area contributed by atoms with Gasteiger partial charge in [0.05, 0.1) is 5.02 Å². The molecular formula is C20H20ClFN6O. The van der Waals surface area contributed by atoms with E-state index in [0.29, 0.717) is 43.4 Å². The lowest BCUT2D eigenvalue weighted by atomic mass is 10.1. The van der Waals surface area contributed by atoms with Crippen molar-refractivity contribution in [2.24, 2.45) is 0 Å². The van der Waals surface area contributed by atoms with E-state index in [1.54, 1.807) is 24.4 Å². The molecule has 7 nitrogen and oxygen atoms in total. The summed E-state index contributed by atoms with van der Waals surface area (Å²) in [6.45, 7) is 0.953. The lowest BCUT2D eigenvalue weighted by molar-refractivity contribution is -0.120. The van der Waals surface area contributed by atoms with Gasteiger partial charge in [-0.2, -0.15) is 0 Å². The first-order chi connectivity index (χ1) is 14.1. The smallest absolute Gasteiger partial charge is 0.220 e. The first-order valence-electron chi connectivity index (χ1n) is 9.06. The molecule has 0 spiro atoms. The second kappa shape index (κ2) is 10.3. The maximum Gasteiger partial charge on any atom is 0.220 e. The fourth-order valence-corrected chi connectivity index (χ4v) is 2.70. The standard InChI is InChI=1S/C20H20ClFN6O/c21-15-13-14(4-6-16(15)22)5-9-20(29)25-12-11-24-18-7-8-19(28-27-18)26-17-3-1-2-10-23-17/h1-4,6-8,10,13H,5,9,11-12H2,(H,24,27)(H,25,29)(H,23,26,28). The molecule has 0 radical (unpaired) electrons. The van der Waals surface area contributed by atoms with E-state index < -0.39 is 5.82 Å². The zero-order valence-corrected chi connectivity index (χ0v) is 16.3. The normalized spacial score (nSPS) is 10.4. The van der Waals surface area contributed by atoms with E-state index in [9.17, 15) is 9.18 Å². The fourth-order valence-electron chi connectivity index (χ4n) is 2.50. The maximum atomic E-state index is 13.1. The molecule has 0 unspecified atom stereocenters. The van der Waals surface area contributed by atoms with Crippen molar-refractivity contribution in [1.29, 1.82) is 0 Å². The molecular weight excluding hydrogens is 395 g/mol. The summed E-state index contributed by atoms with van der Waals surface area (Å²) in [5, 5.41) is 17.2. The topological polar surface area (TPSA) is 91.8 Å². The SMILES string of the molecule is O=C(CCc1ccc(F)c(Cl)c1)NCCNc1ccc(Nc2ccccn2)nn1. The van der Waals surface area contributed by atoms with Crippen LogP contribution in [-0.2, 0) is 11.2 Å². The zero-order chi connectivity index (χ0) is 20.5. The van der Waals surface area contributed by atoms with Gasteiger partial charge < -0.3 is 16.0 Å². The van der Waals surface area contributed by atoms with Crippen molar-refractivity contribution in [3.8, 4) is 0 Å². The molecule has 9 heteroatoms. The second-order valence-electron chi connectivity index (χ2n) is 6.17. The number of nitrogens with zero attached hydrogens (tertiary/aromatic N) is 3. The summed E-state index contributed by atoms with van der Waals surface area (Å²) in [5.74, 6) is 1.33. The number of amides is 1. The number of benzene rings is 1. The van der Waals surface area contributed by atoms with Crippen LogP contribution in [0.4, 0.5) is 21.8 Å². The van der Waals surface area contributed by atoms with Crippen molar-refractivity contribution < 1.29 is 9.18 Å². The van der Waals surface area contributed by atoms with E-state index in [1.807, 2.05) is 18.2 Å². The quantitative estimate of drug-likeness (QED) is 0.464. The van der Waals surface area contributed by atoms with E-state index in [0.717, 1.165) is 5.56 Å². The molecule has 0 saturated carbocycles. The number of carbonyl (C=O) groups excluding carboxylic acids is 1. The molecule has 3 N–H and O–H groups in total. The highest BCUT2D eigenvalue weighted by atomic mass is 35.5. The predicted octanol–water partition coefficient (Wildman–Crippen LogP) is 3.57. The Morgan fingerprint density at radius 2 is 1.83 bits per heavy atom. The lowest BCUT2D eigenvalue weighted by Gasteiger charge is -2.08. The number of aromatic nitrogens is 3. The third-order valence-corrected chi connectivity index (χ3v) is 4.25. The Labute approximate surface area is 172 Å². The Hall–Kier alpha value is -3.26. The number of pyridine rings is 1. The van der Waals surface area contributed by atoms with Gasteiger partial charge in [0.25, 0.3) is 0 Å². The van der Waals surface area contributed by atoms with Gasteiger partial charge in [0.1, 0.15) is 17.5 Å².